The SMILES string of the molecule is COCCNC(=O)C(c1ccc(OC)cc1)N(C(=O)c1snc(C(N)=O)c1N)c1ccc2c(c1)OCCO2. The maximum atomic E-state index is 14.1. The fraction of sp³-hybridized carbons (Fsp3) is 0.280. The number of nitrogen functional groups attached to an aromatic ring is 1. The zero-order chi connectivity index (χ0) is 27.2. The van der Waals surface area contributed by atoms with Crippen molar-refractivity contribution < 1.29 is 33.3 Å². The van der Waals surface area contributed by atoms with Gasteiger partial charge in [0.2, 0.25) is 5.91 Å². The smallest absolute Gasteiger partial charge is 0.273 e. The predicted molar refractivity (Wildman–Crippen MR) is 140 cm³/mol. The summed E-state index contributed by atoms with van der Waals surface area (Å²) >= 11 is 0.722. The van der Waals surface area contributed by atoms with Gasteiger partial charge in [-0.15, -0.1) is 0 Å². The fourth-order valence-electron chi connectivity index (χ4n) is 3.88. The quantitative estimate of drug-likeness (QED) is 0.324. The topological polar surface area (TPSA) is 168 Å². The zero-order valence-corrected chi connectivity index (χ0v) is 21.6. The third-order valence-corrected chi connectivity index (χ3v) is 6.57. The monoisotopic (exact) mass is 541 g/mol. The molecule has 1 aromatic heterocycles. The average Bonchev–Trinajstić information content (AvgIpc) is 3.32. The van der Waals surface area contributed by atoms with E-state index in [4.69, 9.17) is 30.4 Å². The Morgan fingerprint density at radius 2 is 1.82 bits per heavy atom. The van der Waals surface area contributed by atoms with Gasteiger partial charge in [0, 0.05) is 25.4 Å². The fourth-order valence-corrected chi connectivity index (χ4v) is 4.62. The van der Waals surface area contributed by atoms with E-state index in [9.17, 15) is 14.4 Å². The standard InChI is InChI=1S/C25H27N5O7S/c1-34-10-9-28-24(32)21(14-3-6-16(35-2)7-4-14)30(15-5-8-17-18(13-15)37-12-11-36-17)25(33)22-19(26)20(23(27)31)29-38-22/h3-8,13,21H,9-12,26H2,1-2H3,(H2,27,31)(H,28,32). The normalized spacial score (nSPS) is 12.9. The first-order chi connectivity index (χ1) is 18.3. The molecule has 0 radical (unpaired) electrons. The van der Waals surface area contributed by atoms with Gasteiger partial charge in [-0.05, 0) is 41.4 Å². The van der Waals surface area contributed by atoms with Gasteiger partial charge in [-0.2, -0.15) is 4.37 Å². The van der Waals surface area contributed by atoms with Crippen LogP contribution in [-0.2, 0) is 9.53 Å². The Hall–Kier alpha value is -4.36. The van der Waals surface area contributed by atoms with Crippen molar-refractivity contribution in [2.24, 2.45) is 5.73 Å². The summed E-state index contributed by atoms with van der Waals surface area (Å²) in [6.07, 6.45) is 0. The Kier molecular flexibility index (Phi) is 8.28. The molecule has 38 heavy (non-hydrogen) atoms. The van der Waals surface area contributed by atoms with Crippen molar-refractivity contribution in [3.05, 3.63) is 58.6 Å². The molecule has 1 aliphatic heterocycles. The van der Waals surface area contributed by atoms with Crippen LogP contribution in [-0.4, -0.2) is 62.7 Å². The van der Waals surface area contributed by atoms with Crippen LogP contribution in [0, 0.1) is 0 Å². The van der Waals surface area contributed by atoms with Gasteiger partial charge < -0.3 is 35.7 Å². The number of aromatic nitrogens is 1. The number of nitrogens with two attached hydrogens (primary N) is 2. The zero-order valence-electron chi connectivity index (χ0n) is 20.8. The number of methoxy groups -OCH3 is 2. The van der Waals surface area contributed by atoms with Crippen LogP contribution in [0.25, 0.3) is 0 Å². The van der Waals surface area contributed by atoms with E-state index in [2.05, 4.69) is 9.69 Å². The highest BCUT2D eigenvalue weighted by atomic mass is 32.1. The van der Waals surface area contributed by atoms with Crippen LogP contribution in [0.5, 0.6) is 17.2 Å². The maximum Gasteiger partial charge on any atom is 0.273 e. The maximum absolute atomic E-state index is 14.1. The van der Waals surface area contributed by atoms with E-state index in [0.717, 1.165) is 11.5 Å². The highest BCUT2D eigenvalue weighted by Gasteiger charge is 2.36. The third-order valence-electron chi connectivity index (χ3n) is 5.72. The van der Waals surface area contributed by atoms with Crippen molar-refractivity contribution in [3.8, 4) is 17.2 Å². The molecule has 0 saturated heterocycles. The summed E-state index contributed by atoms with van der Waals surface area (Å²) in [5, 5.41) is 2.81. The molecule has 3 amide bonds. The number of amides is 3. The molecule has 1 atom stereocenters. The number of hydrogen-bond donors (Lipinski definition) is 3. The van der Waals surface area contributed by atoms with E-state index in [1.165, 1.54) is 19.1 Å². The first-order valence-corrected chi connectivity index (χ1v) is 12.3. The van der Waals surface area contributed by atoms with Gasteiger partial charge in [-0.3, -0.25) is 19.3 Å². The van der Waals surface area contributed by atoms with Gasteiger partial charge in [0.15, 0.2) is 17.2 Å². The Bertz CT molecular complexity index is 1330. The van der Waals surface area contributed by atoms with Crippen molar-refractivity contribution >= 4 is 40.6 Å². The third kappa shape index (κ3) is 5.48. The van der Waals surface area contributed by atoms with E-state index in [0.29, 0.717) is 41.7 Å². The molecule has 5 N–H and O–H groups in total. The number of benzene rings is 2. The molecular formula is C25H27N5O7S. The van der Waals surface area contributed by atoms with Crippen molar-refractivity contribution in [1.82, 2.24) is 9.69 Å². The second kappa shape index (κ2) is 11.8. The van der Waals surface area contributed by atoms with Crippen LogP contribution in [0.1, 0.15) is 31.8 Å². The lowest BCUT2D eigenvalue weighted by Gasteiger charge is -2.32. The first-order valence-electron chi connectivity index (χ1n) is 11.5. The Morgan fingerprint density at radius 1 is 1.11 bits per heavy atom. The molecule has 12 nitrogen and oxygen atoms in total. The van der Waals surface area contributed by atoms with Crippen LogP contribution in [0.2, 0.25) is 0 Å². The van der Waals surface area contributed by atoms with E-state index in [1.54, 1.807) is 42.5 Å². The summed E-state index contributed by atoms with van der Waals surface area (Å²) in [4.78, 5) is 40.8. The highest BCUT2D eigenvalue weighted by molar-refractivity contribution is 7.09. The van der Waals surface area contributed by atoms with Crippen LogP contribution >= 0.6 is 11.5 Å². The van der Waals surface area contributed by atoms with Crippen molar-refractivity contribution in [3.63, 3.8) is 0 Å². The second-order valence-corrected chi connectivity index (χ2v) is 8.87. The van der Waals surface area contributed by atoms with Gasteiger partial charge >= 0.3 is 0 Å². The van der Waals surface area contributed by atoms with Crippen LogP contribution in [0.15, 0.2) is 42.5 Å². The molecule has 2 aromatic carbocycles. The summed E-state index contributed by atoms with van der Waals surface area (Å²) < 4.78 is 25.6. The second-order valence-electron chi connectivity index (χ2n) is 8.10. The number of carbonyl (C=O) groups is 3. The summed E-state index contributed by atoms with van der Waals surface area (Å²) in [6.45, 7) is 1.19. The molecule has 0 bridgehead atoms. The van der Waals surface area contributed by atoms with Gasteiger partial charge in [-0.1, -0.05) is 12.1 Å². The molecule has 0 aliphatic carbocycles. The minimum Gasteiger partial charge on any atom is -0.497 e. The number of rotatable bonds is 10. The largest absolute Gasteiger partial charge is 0.497 e. The number of nitrogens with one attached hydrogen (secondary N) is 1. The number of fused-ring (bicyclic) bond motifs is 1. The lowest BCUT2D eigenvalue weighted by molar-refractivity contribution is -0.122. The molecule has 0 fully saturated rings. The Morgan fingerprint density at radius 3 is 2.45 bits per heavy atom. The Balaban J connectivity index is 1.87. The van der Waals surface area contributed by atoms with Crippen LogP contribution in [0.3, 0.4) is 0 Å². The molecule has 0 saturated carbocycles. The molecule has 2 heterocycles. The van der Waals surface area contributed by atoms with Gasteiger partial charge in [0.05, 0.1) is 19.4 Å². The van der Waals surface area contributed by atoms with Gasteiger partial charge in [0.1, 0.15) is 29.9 Å². The van der Waals surface area contributed by atoms with Gasteiger partial charge in [0.25, 0.3) is 11.8 Å². The van der Waals surface area contributed by atoms with Crippen LogP contribution < -0.4 is 35.9 Å². The van der Waals surface area contributed by atoms with Crippen LogP contribution in [0.4, 0.5) is 11.4 Å². The number of primary amides is 1. The molecule has 200 valence electrons. The minimum absolute atomic E-state index is 0.0445. The summed E-state index contributed by atoms with van der Waals surface area (Å²) in [7, 11) is 3.04. The van der Waals surface area contributed by atoms with Gasteiger partial charge in [-0.25, -0.2) is 0 Å². The molecule has 1 unspecified atom stereocenters. The summed E-state index contributed by atoms with van der Waals surface area (Å²) in [5.41, 5.74) is 11.9. The molecule has 4 rings (SSSR count). The number of carbonyl (C=O) groups excluding carboxylic acids is 3. The predicted octanol–water partition coefficient (Wildman–Crippen LogP) is 1.75. The summed E-state index contributed by atoms with van der Waals surface area (Å²) in [5.74, 6) is -0.517. The lowest BCUT2D eigenvalue weighted by atomic mass is 10.0. The summed E-state index contributed by atoms with van der Waals surface area (Å²) in [6, 6.07) is 10.5. The molecular weight excluding hydrogens is 514 g/mol. The van der Waals surface area contributed by atoms with Crippen molar-refractivity contribution in [2.75, 3.05) is 51.2 Å². The number of nitrogens with zero attached hydrogens (tertiary/aromatic N) is 2. The molecule has 13 heteroatoms. The van der Waals surface area contributed by atoms with E-state index in [1.807, 2.05) is 0 Å². The number of hydrogen-bond acceptors (Lipinski definition) is 10. The number of anilines is 2. The first kappa shape index (κ1) is 26.7. The highest BCUT2D eigenvalue weighted by Crippen LogP contribution is 2.39. The van der Waals surface area contributed by atoms with Crippen molar-refractivity contribution in [2.45, 2.75) is 6.04 Å². The molecule has 0 spiro atoms. The molecule has 3 aromatic rings. The van der Waals surface area contributed by atoms with E-state index >= 15 is 0 Å². The van der Waals surface area contributed by atoms with E-state index < -0.39 is 23.8 Å². The lowest BCUT2D eigenvalue weighted by Crippen LogP contribution is -2.44. The van der Waals surface area contributed by atoms with E-state index in [-0.39, 0.29) is 29.4 Å². The minimum atomic E-state index is -1.16. The number of ether oxygens (including phenoxy) is 4. The van der Waals surface area contributed by atoms with Crippen molar-refractivity contribution in [1.29, 1.82) is 0 Å². The molecule has 1 aliphatic rings. The average molecular weight is 542 g/mol. The Labute approximate surface area is 222 Å².